The highest BCUT2D eigenvalue weighted by Gasteiger charge is 2.62. The van der Waals surface area contributed by atoms with Crippen molar-refractivity contribution in [1.82, 2.24) is 14.1 Å². The molecule has 1 N–H and O–H groups in total. The standard InChI is InChI=1S/C23H22Cl3F3N4O5S/c1-12-6-13(4-5-16(12)21(34)30-15-10-33(37-11-15)39(35,36)32(2)3)19-9-22(38-31-19,23(27,28)29)14-7-17(24)20(26)18(25)8-14/h4-8,15H,9-11H2,1-3H3,(H,30,34)/t15-,22+/m1/s1. The van der Waals surface area contributed by atoms with Gasteiger partial charge in [-0.05, 0) is 42.3 Å². The smallest absolute Gasteiger partial charge is 0.374 e. The summed E-state index contributed by atoms with van der Waals surface area (Å²) in [6, 6.07) is 5.88. The van der Waals surface area contributed by atoms with Gasteiger partial charge >= 0.3 is 16.4 Å². The van der Waals surface area contributed by atoms with Crippen molar-refractivity contribution in [1.29, 1.82) is 0 Å². The molecule has 2 aliphatic heterocycles. The highest BCUT2D eigenvalue weighted by atomic mass is 35.5. The predicted molar refractivity (Wildman–Crippen MR) is 139 cm³/mol. The Morgan fingerprint density at radius 2 is 1.82 bits per heavy atom. The van der Waals surface area contributed by atoms with E-state index in [-0.39, 0.29) is 45.1 Å². The first kappa shape index (κ1) is 29.8. The van der Waals surface area contributed by atoms with Gasteiger partial charge in [0.2, 0.25) is 0 Å². The summed E-state index contributed by atoms with van der Waals surface area (Å²) in [5, 5.41) is 6.01. The molecule has 1 fully saturated rings. The Labute approximate surface area is 237 Å². The molecule has 16 heteroatoms. The number of aryl methyl sites for hydroxylation is 1. The van der Waals surface area contributed by atoms with Crippen molar-refractivity contribution < 1.29 is 36.1 Å². The van der Waals surface area contributed by atoms with Crippen LogP contribution in [0, 0.1) is 6.92 Å². The summed E-state index contributed by atoms with van der Waals surface area (Å²) in [7, 11) is -1.10. The van der Waals surface area contributed by atoms with E-state index in [1.54, 1.807) is 6.92 Å². The number of hydrogen-bond donors (Lipinski definition) is 1. The molecule has 2 atom stereocenters. The van der Waals surface area contributed by atoms with Crippen LogP contribution in [0.5, 0.6) is 0 Å². The fourth-order valence-corrected chi connectivity index (χ4v) is 5.62. The van der Waals surface area contributed by atoms with Gasteiger partial charge in [-0.15, -0.1) is 0 Å². The summed E-state index contributed by atoms with van der Waals surface area (Å²) >= 11 is 17.9. The first-order chi connectivity index (χ1) is 18.1. The third-order valence-corrected chi connectivity index (χ3v) is 9.17. The number of nitrogens with zero attached hydrogens (tertiary/aromatic N) is 3. The lowest BCUT2D eigenvalue weighted by Crippen LogP contribution is -2.42. The third kappa shape index (κ3) is 5.58. The Morgan fingerprint density at radius 3 is 2.38 bits per heavy atom. The van der Waals surface area contributed by atoms with Crippen LogP contribution < -0.4 is 5.32 Å². The van der Waals surface area contributed by atoms with Gasteiger partial charge in [0, 0.05) is 31.6 Å². The van der Waals surface area contributed by atoms with E-state index in [9.17, 15) is 26.4 Å². The van der Waals surface area contributed by atoms with Crippen LogP contribution in [0.2, 0.25) is 15.1 Å². The first-order valence-corrected chi connectivity index (χ1v) is 13.8. The van der Waals surface area contributed by atoms with E-state index < -0.39 is 40.4 Å². The number of halogens is 6. The Bertz CT molecular complexity index is 1430. The molecule has 0 aliphatic carbocycles. The maximum Gasteiger partial charge on any atom is 0.435 e. The average molecular weight is 630 g/mol. The van der Waals surface area contributed by atoms with Crippen molar-refractivity contribution in [3.05, 3.63) is 67.7 Å². The molecule has 0 spiro atoms. The van der Waals surface area contributed by atoms with Gasteiger partial charge in [0.1, 0.15) is 0 Å². The van der Waals surface area contributed by atoms with Gasteiger partial charge in [0.15, 0.2) is 0 Å². The molecule has 0 unspecified atom stereocenters. The van der Waals surface area contributed by atoms with Gasteiger partial charge in [-0.1, -0.05) is 50.5 Å². The van der Waals surface area contributed by atoms with Gasteiger partial charge in [0.25, 0.3) is 11.5 Å². The number of carbonyl (C=O) groups excluding carboxylic acids is 1. The zero-order valence-corrected chi connectivity index (χ0v) is 23.7. The van der Waals surface area contributed by atoms with Crippen molar-refractivity contribution in [3.8, 4) is 0 Å². The minimum atomic E-state index is -4.88. The number of alkyl halides is 3. The molecule has 212 valence electrons. The SMILES string of the molecule is Cc1cc(C2=NO[C@@](c3cc(Cl)c(Cl)c(Cl)c3)(C(F)(F)F)C2)ccc1C(=O)N[C@H]1CON(S(=O)(=O)N(C)C)C1. The average Bonchev–Trinajstić information content (AvgIpc) is 3.50. The van der Waals surface area contributed by atoms with Crippen LogP contribution in [0.1, 0.15) is 33.5 Å². The van der Waals surface area contributed by atoms with Crippen LogP contribution in [0.25, 0.3) is 0 Å². The van der Waals surface area contributed by atoms with Crippen LogP contribution >= 0.6 is 34.8 Å². The van der Waals surface area contributed by atoms with E-state index in [1.807, 2.05) is 0 Å². The van der Waals surface area contributed by atoms with Gasteiger partial charge < -0.3 is 10.2 Å². The van der Waals surface area contributed by atoms with Crippen LogP contribution in [0.15, 0.2) is 35.5 Å². The van der Waals surface area contributed by atoms with Gasteiger partial charge in [0.05, 0.1) is 40.0 Å². The van der Waals surface area contributed by atoms with Crippen LogP contribution in [-0.2, 0) is 25.5 Å². The summed E-state index contributed by atoms with van der Waals surface area (Å²) in [4.78, 5) is 23.1. The zero-order chi connectivity index (χ0) is 28.9. The summed E-state index contributed by atoms with van der Waals surface area (Å²) < 4.78 is 69.1. The monoisotopic (exact) mass is 628 g/mol. The molecule has 39 heavy (non-hydrogen) atoms. The van der Waals surface area contributed by atoms with Gasteiger partial charge in [-0.3, -0.25) is 9.63 Å². The molecule has 9 nitrogen and oxygen atoms in total. The molecule has 0 aromatic heterocycles. The molecule has 1 saturated heterocycles. The minimum Gasteiger partial charge on any atom is -0.374 e. The highest BCUT2D eigenvalue weighted by Crippen LogP contribution is 2.50. The molecular weight excluding hydrogens is 608 g/mol. The second-order valence-corrected chi connectivity index (χ2v) is 12.4. The van der Waals surface area contributed by atoms with Crippen molar-refractivity contribution in [2.75, 3.05) is 27.2 Å². The second-order valence-electron chi connectivity index (χ2n) is 9.16. The molecule has 1 amide bonds. The van der Waals surface area contributed by atoms with Crippen molar-refractivity contribution in [2.24, 2.45) is 5.16 Å². The van der Waals surface area contributed by atoms with E-state index >= 15 is 0 Å². The van der Waals surface area contributed by atoms with E-state index in [1.165, 1.54) is 32.3 Å². The molecule has 0 radical (unpaired) electrons. The molecule has 4 rings (SSSR count). The Balaban J connectivity index is 1.52. The topological polar surface area (TPSA) is 101 Å². The third-order valence-electron chi connectivity index (χ3n) is 6.28. The fourth-order valence-electron chi connectivity index (χ4n) is 4.10. The maximum atomic E-state index is 14.3. The van der Waals surface area contributed by atoms with Crippen molar-refractivity contribution in [3.63, 3.8) is 0 Å². The Hall–Kier alpha value is -2.13. The van der Waals surface area contributed by atoms with Crippen LogP contribution in [0.3, 0.4) is 0 Å². The van der Waals surface area contributed by atoms with Crippen molar-refractivity contribution >= 4 is 56.6 Å². The number of amides is 1. The van der Waals surface area contributed by atoms with E-state index in [4.69, 9.17) is 44.5 Å². The number of carbonyl (C=O) groups is 1. The number of hydrogen-bond acceptors (Lipinski definition) is 6. The maximum absolute atomic E-state index is 14.3. The summed E-state index contributed by atoms with van der Waals surface area (Å²) in [5.41, 5.74) is -2.19. The van der Waals surface area contributed by atoms with Gasteiger partial charge in [-0.2, -0.15) is 25.9 Å². The highest BCUT2D eigenvalue weighted by molar-refractivity contribution is 7.86. The molecule has 0 bridgehead atoms. The quantitative estimate of drug-likeness (QED) is 0.468. The summed E-state index contributed by atoms with van der Waals surface area (Å²) in [6.45, 7) is 1.47. The molecule has 2 heterocycles. The summed E-state index contributed by atoms with van der Waals surface area (Å²) in [5.74, 6) is -0.503. The van der Waals surface area contributed by atoms with E-state index in [2.05, 4.69) is 10.5 Å². The predicted octanol–water partition coefficient (Wildman–Crippen LogP) is 4.69. The Kier molecular flexibility index (Phi) is 8.18. The number of rotatable bonds is 6. The number of oxime groups is 1. The zero-order valence-electron chi connectivity index (χ0n) is 20.6. The van der Waals surface area contributed by atoms with E-state index in [0.717, 1.165) is 20.9 Å². The lowest BCUT2D eigenvalue weighted by molar-refractivity contribution is -0.275. The largest absolute Gasteiger partial charge is 0.435 e. The Morgan fingerprint density at radius 1 is 1.18 bits per heavy atom. The normalized spacial score (nSPS) is 22.2. The number of hydroxylamine groups is 1. The van der Waals surface area contributed by atoms with E-state index in [0.29, 0.717) is 11.1 Å². The fraction of sp³-hybridized carbons (Fsp3) is 0.391. The molecule has 2 aromatic carbocycles. The summed E-state index contributed by atoms with van der Waals surface area (Å²) in [6.07, 6.45) is -5.56. The number of nitrogens with one attached hydrogen (secondary N) is 1. The lowest BCUT2D eigenvalue weighted by atomic mass is 9.86. The van der Waals surface area contributed by atoms with Gasteiger partial charge in [-0.25, -0.2) is 0 Å². The van der Waals surface area contributed by atoms with Crippen LogP contribution in [0.4, 0.5) is 13.2 Å². The molecule has 2 aromatic rings. The minimum absolute atomic E-state index is 0.00157. The molecule has 2 aliphatic rings. The number of benzene rings is 2. The van der Waals surface area contributed by atoms with Crippen LogP contribution in [-0.4, -0.2) is 68.3 Å². The second kappa shape index (κ2) is 10.7. The first-order valence-electron chi connectivity index (χ1n) is 11.3. The molecular formula is C23H22Cl3F3N4O5S. The lowest BCUT2D eigenvalue weighted by Gasteiger charge is -2.30. The van der Waals surface area contributed by atoms with Crippen molar-refractivity contribution in [2.45, 2.75) is 31.2 Å². The molecule has 0 saturated carbocycles.